The Kier molecular flexibility index (Phi) is 5.74. The Bertz CT molecular complexity index is 1010. The summed E-state index contributed by atoms with van der Waals surface area (Å²) in [6, 6.07) is 13.8. The van der Waals surface area contributed by atoms with Gasteiger partial charge in [-0.3, -0.25) is 4.79 Å². The molecule has 0 saturated carbocycles. The number of fused-ring (bicyclic) bond motifs is 1. The lowest BCUT2D eigenvalue weighted by Gasteiger charge is -2.13. The number of ether oxygens (including phenoxy) is 4. The second-order valence-electron chi connectivity index (χ2n) is 5.80. The van der Waals surface area contributed by atoms with E-state index in [0.717, 1.165) is 5.39 Å². The minimum Gasteiger partial charge on any atom is -0.493 e. The highest BCUT2D eigenvalue weighted by Crippen LogP contribution is 2.38. The summed E-state index contributed by atoms with van der Waals surface area (Å²) < 4.78 is 20.8. The van der Waals surface area contributed by atoms with E-state index in [-0.39, 0.29) is 11.3 Å². The second kappa shape index (κ2) is 8.39. The lowest BCUT2D eigenvalue weighted by Crippen LogP contribution is -2.15. The van der Waals surface area contributed by atoms with Gasteiger partial charge >= 0.3 is 5.97 Å². The van der Waals surface area contributed by atoms with Crippen LogP contribution < -0.4 is 14.2 Å². The molecule has 3 rings (SSSR count). The van der Waals surface area contributed by atoms with Gasteiger partial charge in [-0.1, -0.05) is 24.3 Å². The highest BCUT2D eigenvalue weighted by molar-refractivity contribution is 6.00. The van der Waals surface area contributed by atoms with Gasteiger partial charge in [0, 0.05) is 10.9 Å². The smallest absolute Gasteiger partial charge is 0.357 e. The Balaban J connectivity index is 1.74. The van der Waals surface area contributed by atoms with Crippen LogP contribution in [0.25, 0.3) is 10.9 Å². The van der Waals surface area contributed by atoms with Gasteiger partial charge in [-0.05, 0) is 24.3 Å². The summed E-state index contributed by atoms with van der Waals surface area (Å²) in [6.45, 7) is -0.439. The fourth-order valence-electron chi connectivity index (χ4n) is 2.71. The summed E-state index contributed by atoms with van der Waals surface area (Å²) in [6.07, 6.45) is 0. The average Bonchev–Trinajstić information content (AvgIpc) is 2.75. The van der Waals surface area contributed by atoms with Gasteiger partial charge in [-0.25, -0.2) is 9.78 Å². The molecule has 0 spiro atoms. The van der Waals surface area contributed by atoms with Crippen LogP contribution in [0.4, 0.5) is 0 Å². The Labute approximate surface area is 161 Å². The number of nitrogens with zero attached hydrogens (tertiary/aromatic N) is 1. The van der Waals surface area contributed by atoms with E-state index < -0.39 is 18.4 Å². The van der Waals surface area contributed by atoms with Gasteiger partial charge in [0.15, 0.2) is 18.1 Å². The standard InChI is InChI=1S/C21H19NO6/c1-25-18-10-14(11-19(26-2)20(18)27-3)17(23)12-28-21(24)16-9-8-13-6-4-5-7-15(13)22-16/h4-11H,12H2,1-3H3. The van der Waals surface area contributed by atoms with Crippen molar-refractivity contribution >= 4 is 22.7 Å². The maximum absolute atomic E-state index is 12.5. The number of hydrogen-bond donors (Lipinski definition) is 0. The molecule has 0 aliphatic rings. The largest absolute Gasteiger partial charge is 0.493 e. The number of ketones is 1. The number of carbonyl (C=O) groups is 2. The van der Waals surface area contributed by atoms with E-state index in [1.54, 1.807) is 18.2 Å². The number of esters is 1. The first-order valence-corrected chi connectivity index (χ1v) is 8.43. The summed E-state index contributed by atoms with van der Waals surface area (Å²) in [4.78, 5) is 29.0. The van der Waals surface area contributed by atoms with Crippen molar-refractivity contribution in [1.29, 1.82) is 0 Å². The fraction of sp³-hybridized carbons (Fsp3) is 0.190. The zero-order chi connectivity index (χ0) is 20.1. The third-order valence-corrected chi connectivity index (χ3v) is 4.13. The first-order valence-electron chi connectivity index (χ1n) is 8.43. The molecular weight excluding hydrogens is 362 g/mol. The predicted octanol–water partition coefficient (Wildman–Crippen LogP) is 3.30. The lowest BCUT2D eigenvalue weighted by molar-refractivity contribution is 0.0469. The number of methoxy groups -OCH3 is 3. The number of hydrogen-bond acceptors (Lipinski definition) is 7. The molecule has 1 heterocycles. The van der Waals surface area contributed by atoms with E-state index in [1.165, 1.54) is 33.5 Å². The molecule has 2 aromatic carbocycles. The van der Waals surface area contributed by atoms with Crippen LogP contribution in [0.15, 0.2) is 48.5 Å². The van der Waals surface area contributed by atoms with Crippen LogP contribution >= 0.6 is 0 Å². The zero-order valence-corrected chi connectivity index (χ0v) is 15.7. The molecule has 0 aliphatic carbocycles. The van der Waals surface area contributed by atoms with Gasteiger partial charge in [0.1, 0.15) is 5.69 Å². The van der Waals surface area contributed by atoms with Crippen molar-refractivity contribution in [2.45, 2.75) is 0 Å². The molecule has 144 valence electrons. The fourth-order valence-corrected chi connectivity index (χ4v) is 2.71. The monoisotopic (exact) mass is 381 g/mol. The van der Waals surface area contributed by atoms with E-state index in [2.05, 4.69) is 4.98 Å². The molecule has 1 aromatic heterocycles. The van der Waals surface area contributed by atoms with Gasteiger partial charge in [-0.15, -0.1) is 0 Å². The minimum atomic E-state index is -0.674. The SMILES string of the molecule is COc1cc(C(=O)COC(=O)c2ccc3ccccc3n2)cc(OC)c1OC. The Hall–Kier alpha value is -3.61. The molecule has 0 fully saturated rings. The second-order valence-corrected chi connectivity index (χ2v) is 5.80. The number of carbonyl (C=O) groups excluding carboxylic acids is 2. The van der Waals surface area contributed by atoms with Crippen LogP contribution in [-0.2, 0) is 4.74 Å². The van der Waals surface area contributed by atoms with Gasteiger partial charge in [-0.2, -0.15) is 0 Å². The first kappa shape index (κ1) is 19.2. The van der Waals surface area contributed by atoms with Crippen LogP contribution in [0.5, 0.6) is 17.2 Å². The lowest BCUT2D eigenvalue weighted by atomic mass is 10.1. The highest BCUT2D eigenvalue weighted by atomic mass is 16.5. The number of Topliss-reactive ketones (excluding diaryl/α,β-unsaturated/α-hetero) is 1. The van der Waals surface area contributed by atoms with E-state index >= 15 is 0 Å². The van der Waals surface area contributed by atoms with E-state index in [9.17, 15) is 9.59 Å². The number of para-hydroxylation sites is 1. The molecule has 3 aromatic rings. The van der Waals surface area contributed by atoms with Crippen LogP contribution in [-0.4, -0.2) is 44.7 Å². The Morgan fingerprint density at radius 2 is 1.57 bits per heavy atom. The summed E-state index contributed by atoms with van der Waals surface area (Å²) in [5.74, 6) is -0.0284. The normalized spacial score (nSPS) is 10.4. The number of benzene rings is 2. The van der Waals surface area contributed by atoms with Crippen molar-refractivity contribution in [1.82, 2.24) is 4.98 Å². The van der Waals surface area contributed by atoms with Crippen molar-refractivity contribution in [2.24, 2.45) is 0 Å². The molecular formula is C21H19NO6. The van der Waals surface area contributed by atoms with Crippen molar-refractivity contribution in [3.63, 3.8) is 0 Å². The van der Waals surface area contributed by atoms with Gasteiger partial charge in [0.2, 0.25) is 11.5 Å². The van der Waals surface area contributed by atoms with Crippen LogP contribution in [0.3, 0.4) is 0 Å². The molecule has 0 bridgehead atoms. The summed E-state index contributed by atoms with van der Waals surface area (Å²) in [5.41, 5.74) is 1.08. The third kappa shape index (κ3) is 3.88. The molecule has 7 nitrogen and oxygen atoms in total. The molecule has 0 saturated heterocycles. The summed E-state index contributed by atoms with van der Waals surface area (Å²) in [5, 5.41) is 0.910. The quantitative estimate of drug-likeness (QED) is 0.459. The summed E-state index contributed by atoms with van der Waals surface area (Å²) >= 11 is 0. The van der Waals surface area contributed by atoms with E-state index in [1.807, 2.05) is 18.2 Å². The molecule has 0 N–H and O–H groups in total. The molecule has 28 heavy (non-hydrogen) atoms. The molecule has 0 aliphatic heterocycles. The zero-order valence-electron chi connectivity index (χ0n) is 15.7. The number of aromatic nitrogens is 1. The first-order chi connectivity index (χ1) is 13.6. The van der Waals surface area contributed by atoms with Crippen LogP contribution in [0.2, 0.25) is 0 Å². The summed E-state index contributed by atoms with van der Waals surface area (Å²) in [7, 11) is 4.38. The van der Waals surface area contributed by atoms with Gasteiger partial charge < -0.3 is 18.9 Å². The van der Waals surface area contributed by atoms with E-state index in [0.29, 0.717) is 22.8 Å². The highest BCUT2D eigenvalue weighted by Gasteiger charge is 2.19. The minimum absolute atomic E-state index is 0.136. The molecule has 0 unspecified atom stereocenters. The predicted molar refractivity (Wildman–Crippen MR) is 102 cm³/mol. The average molecular weight is 381 g/mol. The van der Waals surface area contributed by atoms with Crippen molar-refractivity contribution in [3.8, 4) is 17.2 Å². The van der Waals surface area contributed by atoms with Gasteiger partial charge in [0.05, 0.1) is 26.8 Å². The maximum atomic E-state index is 12.5. The maximum Gasteiger partial charge on any atom is 0.357 e. The molecule has 0 atom stereocenters. The Morgan fingerprint density at radius 3 is 2.21 bits per heavy atom. The molecule has 0 amide bonds. The molecule has 0 radical (unpaired) electrons. The molecule has 7 heteroatoms. The third-order valence-electron chi connectivity index (χ3n) is 4.13. The van der Waals surface area contributed by atoms with Crippen molar-refractivity contribution < 1.29 is 28.5 Å². The van der Waals surface area contributed by atoms with Gasteiger partial charge in [0.25, 0.3) is 0 Å². The van der Waals surface area contributed by atoms with E-state index in [4.69, 9.17) is 18.9 Å². The van der Waals surface area contributed by atoms with Crippen LogP contribution in [0.1, 0.15) is 20.8 Å². The van der Waals surface area contributed by atoms with Crippen LogP contribution in [0, 0.1) is 0 Å². The number of pyridine rings is 1. The topological polar surface area (TPSA) is 84.0 Å². The van der Waals surface area contributed by atoms with Crippen molar-refractivity contribution in [3.05, 3.63) is 59.8 Å². The Morgan fingerprint density at radius 1 is 0.893 bits per heavy atom. The van der Waals surface area contributed by atoms with Crippen molar-refractivity contribution in [2.75, 3.05) is 27.9 Å². The number of rotatable bonds is 7.